The van der Waals surface area contributed by atoms with E-state index in [0.29, 0.717) is 34.3 Å². The maximum atomic E-state index is 11.9. The molecule has 0 atom stereocenters. The van der Waals surface area contributed by atoms with Crippen molar-refractivity contribution in [3.8, 4) is 0 Å². The summed E-state index contributed by atoms with van der Waals surface area (Å²) in [6.45, 7) is 1.32. The van der Waals surface area contributed by atoms with Gasteiger partial charge in [-0.2, -0.15) is 0 Å². The molecule has 0 spiro atoms. The van der Waals surface area contributed by atoms with Crippen molar-refractivity contribution in [2.24, 2.45) is 0 Å². The second kappa shape index (κ2) is 11.6. The lowest BCUT2D eigenvalue weighted by molar-refractivity contribution is 0.0945. The molecular weight excluding hydrogens is 383 g/mol. The number of rotatable bonds is 10. The molecule has 27 heavy (non-hydrogen) atoms. The highest BCUT2D eigenvalue weighted by Gasteiger charge is 2.05. The number of amides is 2. The molecule has 0 aliphatic rings. The quantitative estimate of drug-likeness (QED) is 0.538. The average molecular weight is 407 g/mol. The Morgan fingerprint density at radius 2 is 0.926 bits per heavy atom. The molecular formula is C21H24Cl2N2O2. The number of carbonyl (C=O) groups is 2. The Morgan fingerprint density at radius 3 is 1.30 bits per heavy atom. The van der Waals surface area contributed by atoms with E-state index in [9.17, 15) is 9.59 Å². The number of hydrogen-bond acceptors (Lipinski definition) is 2. The molecule has 0 unspecified atom stereocenters. The summed E-state index contributed by atoms with van der Waals surface area (Å²) in [5.74, 6) is -0.145. The van der Waals surface area contributed by atoms with Gasteiger partial charge in [0, 0.05) is 34.3 Å². The summed E-state index contributed by atoms with van der Waals surface area (Å²) in [6, 6.07) is 13.7. The highest BCUT2D eigenvalue weighted by molar-refractivity contribution is 6.31. The number of benzene rings is 2. The minimum absolute atomic E-state index is 0.0726. The van der Waals surface area contributed by atoms with Crippen LogP contribution >= 0.6 is 23.2 Å². The first-order chi connectivity index (χ1) is 13.1. The van der Waals surface area contributed by atoms with Gasteiger partial charge in [-0.25, -0.2) is 0 Å². The summed E-state index contributed by atoms with van der Waals surface area (Å²) in [6.07, 6.45) is 5.05. The van der Waals surface area contributed by atoms with Crippen molar-refractivity contribution in [3.05, 3.63) is 69.7 Å². The maximum Gasteiger partial charge on any atom is 0.251 e. The minimum atomic E-state index is -0.0726. The van der Waals surface area contributed by atoms with E-state index in [1.807, 2.05) is 0 Å². The Balaban J connectivity index is 1.47. The number of halogens is 2. The molecule has 0 saturated heterocycles. The van der Waals surface area contributed by atoms with Crippen molar-refractivity contribution < 1.29 is 9.59 Å². The predicted octanol–water partition coefficient (Wildman–Crippen LogP) is 5.10. The van der Waals surface area contributed by atoms with Crippen molar-refractivity contribution in [2.75, 3.05) is 13.1 Å². The van der Waals surface area contributed by atoms with Gasteiger partial charge in [-0.05, 0) is 61.4 Å². The maximum absolute atomic E-state index is 11.9. The summed E-state index contributed by atoms with van der Waals surface area (Å²) in [7, 11) is 0. The van der Waals surface area contributed by atoms with Crippen molar-refractivity contribution >= 4 is 35.0 Å². The van der Waals surface area contributed by atoms with E-state index in [1.54, 1.807) is 48.5 Å². The van der Waals surface area contributed by atoms with E-state index in [4.69, 9.17) is 23.2 Å². The summed E-state index contributed by atoms with van der Waals surface area (Å²) in [4.78, 5) is 23.9. The van der Waals surface area contributed by atoms with Crippen LogP contribution in [0.2, 0.25) is 10.0 Å². The fourth-order valence-corrected chi connectivity index (χ4v) is 2.84. The van der Waals surface area contributed by atoms with E-state index in [2.05, 4.69) is 10.6 Å². The van der Waals surface area contributed by atoms with Gasteiger partial charge in [0.05, 0.1) is 0 Å². The summed E-state index contributed by atoms with van der Waals surface area (Å²) in [5, 5.41) is 7.06. The van der Waals surface area contributed by atoms with Crippen molar-refractivity contribution in [1.29, 1.82) is 0 Å². The summed E-state index contributed by atoms with van der Waals surface area (Å²) >= 11 is 11.6. The van der Waals surface area contributed by atoms with E-state index < -0.39 is 0 Å². The first-order valence-corrected chi connectivity index (χ1v) is 9.89. The molecule has 2 aromatic carbocycles. The molecule has 2 amide bonds. The average Bonchev–Trinajstić information content (AvgIpc) is 2.67. The highest BCUT2D eigenvalue weighted by atomic mass is 35.5. The second-order valence-electron chi connectivity index (χ2n) is 6.29. The molecule has 0 fully saturated rings. The Labute approximate surface area is 170 Å². The molecule has 144 valence electrons. The van der Waals surface area contributed by atoms with Crippen LogP contribution in [-0.2, 0) is 0 Å². The zero-order valence-corrected chi connectivity index (χ0v) is 16.7. The number of unbranched alkanes of at least 4 members (excludes halogenated alkanes) is 4. The molecule has 0 heterocycles. The van der Waals surface area contributed by atoms with Gasteiger partial charge in [0.1, 0.15) is 0 Å². The minimum Gasteiger partial charge on any atom is -0.352 e. The van der Waals surface area contributed by atoms with E-state index in [0.717, 1.165) is 32.1 Å². The van der Waals surface area contributed by atoms with Crippen molar-refractivity contribution in [3.63, 3.8) is 0 Å². The zero-order valence-electron chi connectivity index (χ0n) is 15.1. The monoisotopic (exact) mass is 406 g/mol. The van der Waals surface area contributed by atoms with Crippen molar-refractivity contribution in [1.82, 2.24) is 10.6 Å². The summed E-state index contributed by atoms with van der Waals surface area (Å²) in [5.41, 5.74) is 1.24. The third-order valence-corrected chi connectivity index (χ3v) is 4.64. The fraction of sp³-hybridized carbons (Fsp3) is 0.333. The number of nitrogens with one attached hydrogen (secondary N) is 2. The molecule has 0 saturated carbocycles. The van der Waals surface area contributed by atoms with Gasteiger partial charge < -0.3 is 10.6 Å². The van der Waals surface area contributed by atoms with Crippen LogP contribution in [0.15, 0.2) is 48.5 Å². The molecule has 0 aliphatic heterocycles. The van der Waals surface area contributed by atoms with Gasteiger partial charge in [-0.15, -0.1) is 0 Å². The first kappa shape index (κ1) is 21.3. The van der Waals surface area contributed by atoms with Crippen LogP contribution in [0.25, 0.3) is 0 Å². The third-order valence-electron chi connectivity index (χ3n) is 4.14. The van der Waals surface area contributed by atoms with Crippen LogP contribution in [0.3, 0.4) is 0 Å². The molecule has 2 N–H and O–H groups in total. The zero-order chi connectivity index (χ0) is 19.5. The Bertz CT molecular complexity index is 667. The third kappa shape index (κ3) is 8.02. The lowest BCUT2D eigenvalue weighted by Crippen LogP contribution is -2.24. The van der Waals surface area contributed by atoms with Gasteiger partial charge >= 0.3 is 0 Å². The normalized spacial score (nSPS) is 10.4. The second-order valence-corrected chi connectivity index (χ2v) is 7.17. The molecule has 6 heteroatoms. The highest BCUT2D eigenvalue weighted by Crippen LogP contribution is 2.10. The van der Waals surface area contributed by atoms with Crippen molar-refractivity contribution in [2.45, 2.75) is 32.1 Å². The van der Waals surface area contributed by atoms with Crippen LogP contribution < -0.4 is 10.6 Å². The van der Waals surface area contributed by atoms with Crippen LogP contribution in [0, 0.1) is 0 Å². The molecule has 2 rings (SSSR count). The fourth-order valence-electron chi connectivity index (χ4n) is 2.59. The summed E-state index contributed by atoms with van der Waals surface area (Å²) < 4.78 is 0. The standard InChI is InChI=1S/C21H24Cl2N2O2/c22-18-10-6-16(7-11-18)20(26)24-14-4-2-1-3-5-15-25-21(27)17-8-12-19(23)13-9-17/h6-13H,1-5,14-15H2,(H,24,26)(H,25,27). The topological polar surface area (TPSA) is 58.2 Å². The molecule has 2 aromatic rings. The molecule has 0 aromatic heterocycles. The lowest BCUT2D eigenvalue weighted by atomic mass is 10.1. The van der Waals surface area contributed by atoms with Crippen LogP contribution in [-0.4, -0.2) is 24.9 Å². The first-order valence-electron chi connectivity index (χ1n) is 9.14. The van der Waals surface area contributed by atoms with Gasteiger partial charge in [0.2, 0.25) is 0 Å². The molecule has 4 nitrogen and oxygen atoms in total. The van der Waals surface area contributed by atoms with Crippen LogP contribution in [0.1, 0.15) is 52.8 Å². The molecule has 0 aliphatic carbocycles. The van der Waals surface area contributed by atoms with E-state index in [-0.39, 0.29) is 11.8 Å². The van der Waals surface area contributed by atoms with Crippen LogP contribution in [0.5, 0.6) is 0 Å². The van der Waals surface area contributed by atoms with Crippen LogP contribution in [0.4, 0.5) is 0 Å². The van der Waals surface area contributed by atoms with E-state index >= 15 is 0 Å². The Morgan fingerprint density at radius 1 is 0.593 bits per heavy atom. The van der Waals surface area contributed by atoms with Gasteiger partial charge in [-0.1, -0.05) is 42.5 Å². The lowest BCUT2D eigenvalue weighted by Gasteiger charge is -2.07. The smallest absolute Gasteiger partial charge is 0.251 e. The number of carbonyl (C=O) groups excluding carboxylic acids is 2. The van der Waals surface area contributed by atoms with Gasteiger partial charge in [0.25, 0.3) is 11.8 Å². The Kier molecular flexibility index (Phi) is 9.16. The van der Waals surface area contributed by atoms with Gasteiger partial charge in [-0.3, -0.25) is 9.59 Å². The predicted molar refractivity (Wildman–Crippen MR) is 111 cm³/mol. The molecule has 0 radical (unpaired) electrons. The number of hydrogen-bond donors (Lipinski definition) is 2. The SMILES string of the molecule is O=C(NCCCCCCCNC(=O)c1ccc(Cl)cc1)c1ccc(Cl)cc1. The van der Waals surface area contributed by atoms with Gasteiger partial charge in [0.15, 0.2) is 0 Å². The largest absolute Gasteiger partial charge is 0.352 e. The Hall–Kier alpha value is -2.04. The molecule has 0 bridgehead atoms. The van der Waals surface area contributed by atoms with E-state index in [1.165, 1.54) is 0 Å².